The fourth-order valence-corrected chi connectivity index (χ4v) is 1.70. The quantitative estimate of drug-likeness (QED) is 0.674. The average molecular weight is 183 g/mol. The second-order valence-electron chi connectivity index (χ2n) is 3.76. The van der Waals surface area contributed by atoms with E-state index >= 15 is 0 Å². The molecule has 3 nitrogen and oxygen atoms in total. The third-order valence-corrected chi connectivity index (χ3v) is 2.45. The molecule has 0 saturated heterocycles. The summed E-state index contributed by atoms with van der Waals surface area (Å²) in [5.41, 5.74) is 1.35. The van der Waals surface area contributed by atoms with Crippen LogP contribution in [0.15, 0.2) is 11.6 Å². The summed E-state index contributed by atoms with van der Waals surface area (Å²) in [4.78, 5) is 12.7. The number of hydrogen-bond donors (Lipinski definition) is 1. The van der Waals surface area contributed by atoms with Gasteiger partial charge in [0, 0.05) is 19.1 Å². The highest BCUT2D eigenvalue weighted by atomic mass is 16.4. The maximum atomic E-state index is 10.5. The lowest BCUT2D eigenvalue weighted by molar-refractivity contribution is -0.138. The van der Waals surface area contributed by atoms with Gasteiger partial charge in [-0.2, -0.15) is 0 Å². The molecular formula is C10H17NO2. The van der Waals surface area contributed by atoms with Gasteiger partial charge < -0.3 is 5.11 Å². The first kappa shape index (κ1) is 10.3. The fourth-order valence-electron chi connectivity index (χ4n) is 1.70. The molecule has 0 aliphatic carbocycles. The van der Waals surface area contributed by atoms with Gasteiger partial charge in [-0.15, -0.1) is 0 Å². The van der Waals surface area contributed by atoms with Crippen LogP contribution in [-0.4, -0.2) is 35.1 Å². The first-order valence-corrected chi connectivity index (χ1v) is 4.71. The van der Waals surface area contributed by atoms with Gasteiger partial charge in [0.15, 0.2) is 0 Å². The summed E-state index contributed by atoms with van der Waals surface area (Å²) < 4.78 is 0. The number of hydrogen-bond acceptors (Lipinski definition) is 2. The zero-order chi connectivity index (χ0) is 9.84. The van der Waals surface area contributed by atoms with E-state index in [1.54, 1.807) is 0 Å². The van der Waals surface area contributed by atoms with Crippen molar-refractivity contribution in [3.05, 3.63) is 11.6 Å². The summed E-state index contributed by atoms with van der Waals surface area (Å²) in [6.45, 7) is 5.99. The fraction of sp³-hybridized carbons (Fsp3) is 0.700. The maximum Gasteiger partial charge on any atom is 0.304 e. The van der Waals surface area contributed by atoms with E-state index in [4.69, 9.17) is 5.11 Å². The lowest BCUT2D eigenvalue weighted by Gasteiger charge is -2.30. The van der Waals surface area contributed by atoms with Crippen molar-refractivity contribution in [2.45, 2.75) is 32.7 Å². The zero-order valence-corrected chi connectivity index (χ0v) is 8.29. The van der Waals surface area contributed by atoms with Crippen LogP contribution in [0.2, 0.25) is 0 Å². The molecular weight excluding hydrogens is 166 g/mol. The molecule has 0 bridgehead atoms. The van der Waals surface area contributed by atoms with E-state index in [9.17, 15) is 4.79 Å². The van der Waals surface area contributed by atoms with E-state index in [-0.39, 0.29) is 12.5 Å². The minimum atomic E-state index is -0.709. The Morgan fingerprint density at radius 1 is 1.77 bits per heavy atom. The normalized spacial score (nSPS) is 20.9. The summed E-state index contributed by atoms with van der Waals surface area (Å²) >= 11 is 0. The van der Waals surface area contributed by atoms with E-state index in [0.717, 1.165) is 19.5 Å². The molecule has 1 heterocycles. The van der Waals surface area contributed by atoms with Crippen molar-refractivity contribution in [3.63, 3.8) is 0 Å². The largest absolute Gasteiger partial charge is 0.481 e. The third-order valence-electron chi connectivity index (χ3n) is 2.45. The highest BCUT2D eigenvalue weighted by molar-refractivity contribution is 5.67. The van der Waals surface area contributed by atoms with Crippen LogP contribution in [0.25, 0.3) is 0 Å². The van der Waals surface area contributed by atoms with Gasteiger partial charge in [-0.05, 0) is 20.3 Å². The van der Waals surface area contributed by atoms with Crippen LogP contribution in [0.4, 0.5) is 0 Å². The first-order chi connectivity index (χ1) is 6.09. The predicted molar refractivity (Wildman–Crippen MR) is 51.7 cm³/mol. The van der Waals surface area contributed by atoms with E-state index in [2.05, 4.69) is 17.9 Å². The van der Waals surface area contributed by atoms with Crippen molar-refractivity contribution in [1.82, 2.24) is 4.90 Å². The standard InChI is InChI=1S/C10H17NO2/c1-8-4-3-5-11(7-8)9(2)6-10(12)13/h4,9H,3,5-7H2,1-2H3,(H,12,13). The number of carboxylic acids is 1. The van der Waals surface area contributed by atoms with Gasteiger partial charge in [0.25, 0.3) is 0 Å². The van der Waals surface area contributed by atoms with Crippen molar-refractivity contribution in [3.8, 4) is 0 Å². The molecule has 1 unspecified atom stereocenters. The Labute approximate surface area is 79.0 Å². The second-order valence-corrected chi connectivity index (χ2v) is 3.76. The molecule has 1 atom stereocenters. The monoisotopic (exact) mass is 183 g/mol. The molecule has 74 valence electrons. The van der Waals surface area contributed by atoms with Crippen molar-refractivity contribution in [2.24, 2.45) is 0 Å². The maximum absolute atomic E-state index is 10.5. The van der Waals surface area contributed by atoms with Crippen molar-refractivity contribution >= 4 is 5.97 Å². The van der Waals surface area contributed by atoms with Crippen LogP contribution in [0.5, 0.6) is 0 Å². The number of aliphatic carboxylic acids is 1. The molecule has 0 aromatic carbocycles. The van der Waals surface area contributed by atoms with Gasteiger partial charge in [-0.3, -0.25) is 9.69 Å². The lowest BCUT2D eigenvalue weighted by atomic mass is 10.1. The molecule has 13 heavy (non-hydrogen) atoms. The van der Waals surface area contributed by atoms with E-state index in [0.29, 0.717) is 0 Å². The van der Waals surface area contributed by atoms with Crippen molar-refractivity contribution in [1.29, 1.82) is 0 Å². The molecule has 1 aliphatic heterocycles. The molecule has 1 rings (SSSR count). The van der Waals surface area contributed by atoms with Crippen LogP contribution in [-0.2, 0) is 4.79 Å². The van der Waals surface area contributed by atoms with Gasteiger partial charge in [0.1, 0.15) is 0 Å². The third kappa shape index (κ3) is 3.19. The van der Waals surface area contributed by atoms with Crippen LogP contribution >= 0.6 is 0 Å². The Kier molecular flexibility index (Phi) is 3.48. The molecule has 0 aromatic rings. The molecule has 0 aromatic heterocycles. The van der Waals surface area contributed by atoms with E-state index < -0.39 is 5.97 Å². The lowest BCUT2D eigenvalue weighted by Crippen LogP contribution is -2.38. The number of carboxylic acid groups (broad SMARTS) is 1. The molecule has 1 aliphatic rings. The van der Waals surface area contributed by atoms with Gasteiger partial charge in [0.05, 0.1) is 6.42 Å². The topological polar surface area (TPSA) is 40.5 Å². The van der Waals surface area contributed by atoms with Crippen LogP contribution in [0.1, 0.15) is 26.7 Å². The molecule has 0 fully saturated rings. The minimum absolute atomic E-state index is 0.154. The summed E-state index contributed by atoms with van der Waals surface area (Å²) in [6.07, 6.45) is 3.52. The summed E-state index contributed by atoms with van der Waals surface area (Å²) in [5.74, 6) is -0.709. The Balaban J connectivity index is 2.43. The smallest absolute Gasteiger partial charge is 0.304 e. The molecule has 0 saturated carbocycles. The number of rotatable bonds is 3. The molecule has 0 amide bonds. The van der Waals surface area contributed by atoms with Gasteiger partial charge in [-0.25, -0.2) is 0 Å². The van der Waals surface area contributed by atoms with E-state index in [1.807, 2.05) is 6.92 Å². The van der Waals surface area contributed by atoms with E-state index in [1.165, 1.54) is 5.57 Å². The molecule has 3 heteroatoms. The predicted octanol–water partition coefficient (Wildman–Crippen LogP) is 1.50. The molecule has 0 spiro atoms. The molecule has 1 N–H and O–H groups in total. The summed E-state index contributed by atoms with van der Waals surface area (Å²) in [7, 11) is 0. The van der Waals surface area contributed by atoms with Crippen LogP contribution in [0, 0.1) is 0 Å². The highest BCUT2D eigenvalue weighted by Gasteiger charge is 2.18. The number of nitrogens with zero attached hydrogens (tertiary/aromatic N) is 1. The SMILES string of the molecule is CC1=CCCN(C(C)CC(=O)O)C1. The Morgan fingerprint density at radius 2 is 2.46 bits per heavy atom. The second kappa shape index (κ2) is 4.42. The Hall–Kier alpha value is -0.830. The molecule has 0 radical (unpaired) electrons. The minimum Gasteiger partial charge on any atom is -0.481 e. The first-order valence-electron chi connectivity index (χ1n) is 4.71. The van der Waals surface area contributed by atoms with Gasteiger partial charge >= 0.3 is 5.97 Å². The van der Waals surface area contributed by atoms with Gasteiger partial charge in [-0.1, -0.05) is 11.6 Å². The highest BCUT2D eigenvalue weighted by Crippen LogP contribution is 2.13. The van der Waals surface area contributed by atoms with Gasteiger partial charge in [0.2, 0.25) is 0 Å². The van der Waals surface area contributed by atoms with Crippen molar-refractivity contribution in [2.75, 3.05) is 13.1 Å². The van der Waals surface area contributed by atoms with Crippen LogP contribution in [0.3, 0.4) is 0 Å². The summed E-state index contributed by atoms with van der Waals surface area (Å²) in [6, 6.07) is 0.154. The Morgan fingerprint density at radius 3 is 3.00 bits per heavy atom. The zero-order valence-electron chi connectivity index (χ0n) is 8.29. The summed E-state index contributed by atoms with van der Waals surface area (Å²) in [5, 5.41) is 8.64. The van der Waals surface area contributed by atoms with Crippen LogP contribution < -0.4 is 0 Å². The average Bonchev–Trinajstić information content (AvgIpc) is 2.03. The Bertz CT molecular complexity index is 223. The number of carbonyl (C=O) groups is 1. The van der Waals surface area contributed by atoms with Crippen molar-refractivity contribution < 1.29 is 9.90 Å².